The lowest BCUT2D eigenvalue weighted by molar-refractivity contribution is 0.0128. The van der Waals surface area contributed by atoms with Crippen molar-refractivity contribution in [2.24, 2.45) is 5.92 Å². The summed E-state index contributed by atoms with van der Waals surface area (Å²) in [7, 11) is 0. The smallest absolute Gasteiger partial charge is 0.259 e. The minimum absolute atomic E-state index is 0.107. The van der Waals surface area contributed by atoms with E-state index in [1.165, 1.54) is 17.4 Å². The summed E-state index contributed by atoms with van der Waals surface area (Å²) in [5, 5.41) is 16.9. The summed E-state index contributed by atoms with van der Waals surface area (Å²) >= 11 is 0. The highest BCUT2D eigenvalue weighted by Crippen LogP contribution is 2.40. The summed E-state index contributed by atoms with van der Waals surface area (Å²) in [6, 6.07) is 6.11. The number of rotatable bonds is 5. The van der Waals surface area contributed by atoms with Crippen molar-refractivity contribution in [2.45, 2.75) is 70.7 Å². The molecular weight excluding hydrogens is 444 g/mol. The molecule has 2 aromatic heterocycles. The van der Waals surface area contributed by atoms with Crippen molar-refractivity contribution >= 4 is 23.3 Å². The monoisotopic (exact) mass is 474 g/mol. The quantitative estimate of drug-likeness (QED) is 0.522. The number of hydrogen-bond acceptors (Lipinski definition) is 6. The normalized spacial score (nSPS) is 24.4. The van der Waals surface area contributed by atoms with Gasteiger partial charge in [-0.15, -0.1) is 5.10 Å². The molecule has 1 atom stereocenters. The summed E-state index contributed by atoms with van der Waals surface area (Å²) < 4.78 is 1.51. The Hall–Kier alpha value is -3.46. The fourth-order valence-electron chi connectivity index (χ4n) is 5.74. The first-order valence-corrected chi connectivity index (χ1v) is 12.2. The van der Waals surface area contributed by atoms with Gasteiger partial charge in [-0.2, -0.15) is 0 Å². The molecule has 0 bridgehead atoms. The molecule has 3 aliphatic rings. The van der Waals surface area contributed by atoms with Gasteiger partial charge >= 0.3 is 0 Å². The van der Waals surface area contributed by atoms with E-state index in [1.54, 1.807) is 6.20 Å². The predicted octanol–water partition coefficient (Wildman–Crippen LogP) is 2.68. The second kappa shape index (κ2) is 7.52. The van der Waals surface area contributed by atoms with Gasteiger partial charge in [-0.3, -0.25) is 9.59 Å². The molecule has 1 aromatic carbocycles. The molecule has 6 rings (SSSR count). The van der Waals surface area contributed by atoms with E-state index in [1.807, 2.05) is 36.9 Å². The van der Waals surface area contributed by atoms with Gasteiger partial charge in [0.1, 0.15) is 5.56 Å². The lowest BCUT2D eigenvalue weighted by Crippen LogP contribution is -2.57. The van der Waals surface area contributed by atoms with Gasteiger partial charge in [0, 0.05) is 35.4 Å². The second-order valence-electron chi connectivity index (χ2n) is 10.8. The van der Waals surface area contributed by atoms with Crippen LogP contribution < -0.4 is 11.1 Å². The number of nitrogens with one attached hydrogen (secondary N) is 1. The van der Waals surface area contributed by atoms with E-state index < -0.39 is 11.6 Å². The highest BCUT2D eigenvalue weighted by molar-refractivity contribution is 6.05. The van der Waals surface area contributed by atoms with E-state index in [2.05, 4.69) is 17.3 Å². The Bertz CT molecular complexity index is 1390. The van der Waals surface area contributed by atoms with Crippen LogP contribution in [-0.4, -0.2) is 54.1 Å². The van der Waals surface area contributed by atoms with Gasteiger partial charge in [0.05, 0.1) is 11.8 Å². The van der Waals surface area contributed by atoms with Gasteiger partial charge in [-0.05, 0) is 81.7 Å². The molecule has 2 amide bonds. The van der Waals surface area contributed by atoms with Gasteiger partial charge in [0.2, 0.25) is 0 Å². The van der Waals surface area contributed by atoms with Crippen LogP contribution in [0.25, 0.3) is 16.9 Å². The Balaban J connectivity index is 1.34. The van der Waals surface area contributed by atoms with Crippen LogP contribution in [0.4, 0.5) is 5.82 Å². The average molecular weight is 475 g/mol. The maximum absolute atomic E-state index is 13.1. The lowest BCUT2D eigenvalue weighted by Gasteiger charge is -2.43. The molecule has 2 saturated carbocycles. The molecule has 35 heavy (non-hydrogen) atoms. The van der Waals surface area contributed by atoms with Crippen LogP contribution in [0, 0.1) is 12.8 Å². The number of nitrogens with zero attached hydrogens (tertiary/aromatic N) is 4. The fraction of sp³-hybridized carbons (Fsp3) is 0.462. The summed E-state index contributed by atoms with van der Waals surface area (Å²) in [6.45, 7) is 6.63. The maximum Gasteiger partial charge on any atom is 0.259 e. The van der Waals surface area contributed by atoms with Crippen molar-refractivity contribution in [1.29, 1.82) is 0 Å². The topological polar surface area (TPSA) is 126 Å². The number of carbonyl (C=O) groups excluding carboxylic acids is 2. The predicted molar refractivity (Wildman–Crippen MR) is 131 cm³/mol. The van der Waals surface area contributed by atoms with Crippen molar-refractivity contribution in [3.05, 3.63) is 46.6 Å². The Kier molecular flexibility index (Phi) is 4.73. The number of aliphatic hydroxyl groups is 1. The second-order valence-corrected chi connectivity index (χ2v) is 10.8. The van der Waals surface area contributed by atoms with E-state index in [-0.39, 0.29) is 29.2 Å². The first-order valence-electron chi connectivity index (χ1n) is 12.2. The summed E-state index contributed by atoms with van der Waals surface area (Å²) in [5.41, 5.74) is 10.6. The maximum atomic E-state index is 13.1. The molecule has 0 spiro atoms. The number of nitrogens with two attached hydrogens (primary N) is 1. The SMILES string of the molecule is Cc1cc(-c2ccn3nc(N)c(C(=O)NC4(C)CC(O)C4)c3n2)cc2c1C(=O)N(C(C)C1CC1)C2. The van der Waals surface area contributed by atoms with E-state index in [0.29, 0.717) is 36.6 Å². The number of benzene rings is 1. The molecular formula is C26H30N6O3. The third kappa shape index (κ3) is 3.56. The van der Waals surface area contributed by atoms with Crippen molar-refractivity contribution in [1.82, 2.24) is 24.8 Å². The number of hydrogen-bond donors (Lipinski definition) is 3. The third-order valence-corrected chi connectivity index (χ3v) is 7.85. The van der Waals surface area contributed by atoms with Gasteiger partial charge in [0.15, 0.2) is 11.5 Å². The molecule has 1 aliphatic heterocycles. The molecule has 0 radical (unpaired) electrons. The van der Waals surface area contributed by atoms with Crippen LogP contribution in [0.3, 0.4) is 0 Å². The van der Waals surface area contributed by atoms with Crippen molar-refractivity contribution < 1.29 is 14.7 Å². The number of anilines is 1. The van der Waals surface area contributed by atoms with Gasteiger partial charge in [0.25, 0.3) is 11.8 Å². The lowest BCUT2D eigenvalue weighted by atomic mass is 9.76. The third-order valence-electron chi connectivity index (χ3n) is 7.85. The van der Waals surface area contributed by atoms with Gasteiger partial charge in [-0.25, -0.2) is 9.50 Å². The first-order chi connectivity index (χ1) is 16.6. The van der Waals surface area contributed by atoms with Crippen LogP contribution in [0.2, 0.25) is 0 Å². The minimum atomic E-state index is -0.470. The molecule has 3 heterocycles. The van der Waals surface area contributed by atoms with Crippen LogP contribution in [0.15, 0.2) is 24.4 Å². The number of carbonyl (C=O) groups is 2. The molecule has 2 aliphatic carbocycles. The molecule has 182 valence electrons. The van der Waals surface area contributed by atoms with E-state index in [0.717, 1.165) is 22.3 Å². The summed E-state index contributed by atoms with van der Waals surface area (Å²) in [5.74, 6) is 0.483. The minimum Gasteiger partial charge on any atom is -0.393 e. The Labute approximate surface area is 203 Å². The number of nitrogen functional groups attached to an aromatic ring is 1. The highest BCUT2D eigenvalue weighted by Gasteiger charge is 2.42. The first kappa shape index (κ1) is 22.0. The molecule has 9 heteroatoms. The van der Waals surface area contributed by atoms with Crippen molar-refractivity contribution in [3.63, 3.8) is 0 Å². The highest BCUT2D eigenvalue weighted by atomic mass is 16.3. The number of fused-ring (bicyclic) bond motifs is 2. The summed E-state index contributed by atoms with van der Waals surface area (Å²) in [4.78, 5) is 33.0. The molecule has 2 fully saturated rings. The van der Waals surface area contributed by atoms with Gasteiger partial charge < -0.3 is 21.1 Å². The van der Waals surface area contributed by atoms with Crippen LogP contribution in [-0.2, 0) is 6.54 Å². The number of aromatic nitrogens is 3. The van der Waals surface area contributed by atoms with Crippen LogP contribution in [0.5, 0.6) is 0 Å². The summed E-state index contributed by atoms with van der Waals surface area (Å²) in [6.07, 6.45) is 4.73. The van der Waals surface area contributed by atoms with E-state index in [4.69, 9.17) is 10.7 Å². The van der Waals surface area contributed by atoms with Crippen molar-refractivity contribution in [2.75, 3.05) is 5.73 Å². The Morgan fingerprint density at radius 3 is 2.74 bits per heavy atom. The number of aliphatic hydroxyl groups excluding tert-OH is 1. The molecule has 0 saturated heterocycles. The van der Waals surface area contributed by atoms with E-state index >= 15 is 0 Å². The molecule has 1 unspecified atom stereocenters. The zero-order valence-corrected chi connectivity index (χ0v) is 20.2. The van der Waals surface area contributed by atoms with E-state index in [9.17, 15) is 14.7 Å². The zero-order chi connectivity index (χ0) is 24.6. The molecule has 4 N–H and O–H groups in total. The standard InChI is InChI=1S/C26H30N6O3/c1-13-8-16(9-17-12-31(25(35)20(13)17)14(2)15-4-5-15)19-6-7-32-23(28-19)21(22(27)30-32)24(34)29-26(3)10-18(33)11-26/h6-9,14-15,18,33H,4-5,10-12H2,1-3H3,(H2,27,30)(H,29,34). The fourth-order valence-corrected chi connectivity index (χ4v) is 5.74. The number of aryl methyl sites for hydroxylation is 1. The average Bonchev–Trinajstić information content (AvgIpc) is 3.49. The number of amides is 2. The zero-order valence-electron chi connectivity index (χ0n) is 20.2. The molecule has 9 nitrogen and oxygen atoms in total. The Morgan fingerprint density at radius 1 is 1.31 bits per heavy atom. The van der Waals surface area contributed by atoms with Crippen LogP contribution >= 0.6 is 0 Å². The van der Waals surface area contributed by atoms with Crippen LogP contribution in [0.1, 0.15) is 71.4 Å². The Morgan fingerprint density at radius 2 is 2.06 bits per heavy atom. The largest absolute Gasteiger partial charge is 0.393 e. The van der Waals surface area contributed by atoms with Crippen molar-refractivity contribution in [3.8, 4) is 11.3 Å². The molecule has 3 aromatic rings. The van der Waals surface area contributed by atoms with Gasteiger partial charge in [-0.1, -0.05) is 0 Å².